The van der Waals surface area contributed by atoms with Gasteiger partial charge < -0.3 is 15.1 Å². The molecule has 0 amide bonds. The standard InChI is InChI=1S/C32H44N2O2/c1-34-19-5-7-23(8-6-20-34)21-32(36)26-15-13-24(14-16-26)27-17-18-31(35)28(22-27)30-12-4-10-25-9-2-3-11-29(25)33-30/h2-3,9,11,17-18,22-24,26,32,35-36H,4-8,10,12-16,19-21H2,1H3. The van der Waals surface area contributed by atoms with Crippen molar-refractivity contribution in [2.24, 2.45) is 16.8 Å². The van der Waals surface area contributed by atoms with Crippen LogP contribution in [0, 0.1) is 11.8 Å². The maximum absolute atomic E-state index is 11.1. The molecule has 0 bridgehead atoms. The summed E-state index contributed by atoms with van der Waals surface area (Å²) in [7, 11) is 2.23. The van der Waals surface area contributed by atoms with Crippen LogP contribution < -0.4 is 0 Å². The van der Waals surface area contributed by atoms with E-state index in [0.717, 1.165) is 68.3 Å². The van der Waals surface area contributed by atoms with Crippen LogP contribution in [0.4, 0.5) is 5.69 Å². The lowest BCUT2D eigenvalue weighted by molar-refractivity contribution is 0.0537. The lowest BCUT2D eigenvalue weighted by Gasteiger charge is -2.34. The van der Waals surface area contributed by atoms with E-state index in [1.807, 2.05) is 12.1 Å². The Hall–Kier alpha value is -2.17. The smallest absolute Gasteiger partial charge is 0.124 e. The molecule has 4 heteroatoms. The Bertz CT molecular complexity index is 1030. The van der Waals surface area contributed by atoms with Gasteiger partial charge in [0.25, 0.3) is 0 Å². The van der Waals surface area contributed by atoms with E-state index in [0.29, 0.717) is 23.5 Å². The third kappa shape index (κ3) is 6.20. The number of hydrogen-bond donors (Lipinski definition) is 2. The quantitative estimate of drug-likeness (QED) is 0.477. The number of fused-ring (bicyclic) bond motifs is 1. The molecule has 2 N–H and O–H groups in total. The van der Waals surface area contributed by atoms with Gasteiger partial charge in [0.1, 0.15) is 5.75 Å². The number of phenolic OH excluding ortho intramolecular Hbond substituents is 1. The highest BCUT2D eigenvalue weighted by Gasteiger charge is 2.29. The summed E-state index contributed by atoms with van der Waals surface area (Å²) in [5, 5.41) is 21.8. The first-order valence-corrected chi connectivity index (χ1v) is 14.4. The molecular formula is C32H44N2O2. The highest BCUT2D eigenvalue weighted by atomic mass is 16.3. The van der Waals surface area contributed by atoms with Crippen LogP contribution in [0.1, 0.15) is 93.2 Å². The van der Waals surface area contributed by atoms with Gasteiger partial charge in [0, 0.05) is 5.56 Å². The van der Waals surface area contributed by atoms with Crippen molar-refractivity contribution in [1.82, 2.24) is 4.90 Å². The molecule has 0 aromatic heterocycles. The molecule has 4 nitrogen and oxygen atoms in total. The first-order chi connectivity index (χ1) is 17.6. The third-order valence-corrected chi connectivity index (χ3v) is 9.10. The van der Waals surface area contributed by atoms with Crippen molar-refractivity contribution in [1.29, 1.82) is 0 Å². The second-order valence-electron chi connectivity index (χ2n) is 11.7. The highest BCUT2D eigenvalue weighted by Crippen LogP contribution is 2.40. The van der Waals surface area contributed by atoms with Gasteiger partial charge in [-0.05, 0) is 144 Å². The summed E-state index contributed by atoms with van der Waals surface area (Å²) in [4.78, 5) is 7.43. The fourth-order valence-electron chi connectivity index (χ4n) is 6.88. The summed E-state index contributed by atoms with van der Waals surface area (Å²) >= 11 is 0. The fraction of sp³-hybridized carbons (Fsp3) is 0.594. The van der Waals surface area contributed by atoms with Gasteiger partial charge in [-0.1, -0.05) is 24.3 Å². The van der Waals surface area contributed by atoms with Gasteiger partial charge in [-0.25, -0.2) is 0 Å². The van der Waals surface area contributed by atoms with Crippen LogP contribution in [0.2, 0.25) is 0 Å². The molecule has 194 valence electrons. The van der Waals surface area contributed by atoms with Crippen molar-refractivity contribution in [3.8, 4) is 5.75 Å². The van der Waals surface area contributed by atoms with Gasteiger partial charge in [0.15, 0.2) is 0 Å². The van der Waals surface area contributed by atoms with Crippen molar-refractivity contribution < 1.29 is 10.2 Å². The zero-order chi connectivity index (χ0) is 24.9. The molecule has 2 aromatic rings. The van der Waals surface area contributed by atoms with Crippen LogP contribution in [-0.4, -0.2) is 47.1 Å². The molecule has 2 aliphatic heterocycles. The maximum atomic E-state index is 11.1. The Morgan fingerprint density at radius 3 is 2.44 bits per heavy atom. The predicted molar refractivity (Wildman–Crippen MR) is 148 cm³/mol. The predicted octanol–water partition coefficient (Wildman–Crippen LogP) is 7.00. The minimum atomic E-state index is -0.149. The molecule has 1 saturated carbocycles. The summed E-state index contributed by atoms with van der Waals surface area (Å²) in [5.41, 5.74) is 5.57. The van der Waals surface area contributed by atoms with Crippen LogP contribution in [-0.2, 0) is 6.42 Å². The summed E-state index contributed by atoms with van der Waals surface area (Å²) < 4.78 is 0. The van der Waals surface area contributed by atoms with Crippen LogP contribution in [0.5, 0.6) is 5.75 Å². The number of aliphatic hydroxyl groups excluding tert-OH is 1. The zero-order valence-electron chi connectivity index (χ0n) is 22.0. The van der Waals surface area contributed by atoms with Gasteiger partial charge >= 0.3 is 0 Å². The molecule has 0 spiro atoms. The Labute approximate surface area is 217 Å². The lowest BCUT2D eigenvalue weighted by atomic mass is 9.74. The van der Waals surface area contributed by atoms with E-state index in [4.69, 9.17) is 4.99 Å². The number of aryl methyl sites for hydroxylation is 1. The summed E-state index contributed by atoms with van der Waals surface area (Å²) in [6.45, 7) is 2.40. The maximum Gasteiger partial charge on any atom is 0.124 e. The normalized spacial score (nSPS) is 25.2. The van der Waals surface area contributed by atoms with E-state index in [9.17, 15) is 10.2 Å². The molecule has 5 rings (SSSR count). The first-order valence-electron chi connectivity index (χ1n) is 14.4. The minimum absolute atomic E-state index is 0.149. The SMILES string of the molecule is CN1CCCC(CC(O)C2CCC(c3ccc(O)c(C4=Nc5ccccc5CCC4)c3)CC2)CCC1. The number of aliphatic imine (C=N–C) groups is 1. The fourth-order valence-corrected chi connectivity index (χ4v) is 6.88. The van der Waals surface area contributed by atoms with Gasteiger partial charge in [0.2, 0.25) is 0 Å². The number of likely N-dealkylation sites (tertiary alicyclic amines) is 1. The summed E-state index contributed by atoms with van der Waals surface area (Å²) in [6.07, 6.45) is 13.3. The number of aliphatic hydroxyl groups is 1. The highest BCUT2D eigenvalue weighted by molar-refractivity contribution is 6.04. The van der Waals surface area contributed by atoms with Crippen molar-refractivity contribution in [3.63, 3.8) is 0 Å². The number of phenols is 1. The molecule has 1 unspecified atom stereocenters. The second-order valence-corrected chi connectivity index (χ2v) is 11.7. The van der Waals surface area contributed by atoms with Crippen LogP contribution in [0.25, 0.3) is 0 Å². The average molecular weight is 489 g/mol. The van der Waals surface area contributed by atoms with E-state index >= 15 is 0 Å². The largest absolute Gasteiger partial charge is 0.507 e. The van der Waals surface area contributed by atoms with Crippen molar-refractivity contribution in [2.45, 2.75) is 89.1 Å². The van der Waals surface area contributed by atoms with Crippen LogP contribution in [0.3, 0.4) is 0 Å². The van der Waals surface area contributed by atoms with E-state index < -0.39 is 0 Å². The Morgan fingerprint density at radius 2 is 1.67 bits per heavy atom. The van der Waals surface area contributed by atoms with Gasteiger partial charge in [-0.3, -0.25) is 4.99 Å². The molecule has 1 atom stereocenters. The Morgan fingerprint density at radius 1 is 0.917 bits per heavy atom. The molecule has 1 saturated heterocycles. The van der Waals surface area contributed by atoms with Gasteiger partial charge in [-0.2, -0.15) is 0 Å². The minimum Gasteiger partial charge on any atom is -0.507 e. The van der Waals surface area contributed by atoms with E-state index in [-0.39, 0.29) is 6.10 Å². The monoisotopic (exact) mass is 488 g/mol. The molecule has 3 aliphatic rings. The number of benzene rings is 2. The van der Waals surface area contributed by atoms with Gasteiger partial charge in [0.05, 0.1) is 17.5 Å². The lowest BCUT2D eigenvalue weighted by Crippen LogP contribution is -2.29. The molecule has 2 heterocycles. The van der Waals surface area contributed by atoms with E-state index in [1.54, 1.807) is 0 Å². The third-order valence-electron chi connectivity index (χ3n) is 9.10. The molecule has 0 radical (unpaired) electrons. The number of aromatic hydroxyl groups is 1. The van der Waals surface area contributed by atoms with Crippen molar-refractivity contribution in [3.05, 3.63) is 59.2 Å². The zero-order valence-corrected chi connectivity index (χ0v) is 22.0. The molecule has 36 heavy (non-hydrogen) atoms. The van der Waals surface area contributed by atoms with Crippen LogP contribution >= 0.6 is 0 Å². The number of rotatable bonds is 5. The molecule has 2 fully saturated rings. The number of hydrogen-bond acceptors (Lipinski definition) is 4. The van der Waals surface area contributed by atoms with Crippen molar-refractivity contribution in [2.75, 3.05) is 20.1 Å². The van der Waals surface area contributed by atoms with Gasteiger partial charge in [-0.15, -0.1) is 0 Å². The average Bonchev–Trinajstić information content (AvgIpc) is 3.10. The summed E-state index contributed by atoms with van der Waals surface area (Å²) in [5.74, 6) is 1.97. The van der Waals surface area contributed by atoms with Crippen LogP contribution in [0.15, 0.2) is 47.5 Å². The Balaban J connectivity index is 1.21. The summed E-state index contributed by atoms with van der Waals surface area (Å²) in [6, 6.07) is 14.6. The van der Waals surface area contributed by atoms with Crippen molar-refractivity contribution >= 4 is 11.4 Å². The molecular weight excluding hydrogens is 444 g/mol. The van der Waals surface area contributed by atoms with E-state index in [1.165, 1.54) is 49.9 Å². The second kappa shape index (κ2) is 11.9. The van der Waals surface area contributed by atoms with E-state index in [2.05, 4.69) is 42.3 Å². The molecule has 2 aromatic carbocycles. The topological polar surface area (TPSA) is 56.1 Å². The first kappa shape index (κ1) is 25.5. The molecule has 1 aliphatic carbocycles. The number of nitrogens with zero attached hydrogens (tertiary/aromatic N) is 2. The Kier molecular flexibility index (Phi) is 8.43. The number of para-hydroxylation sites is 1.